The van der Waals surface area contributed by atoms with Crippen molar-refractivity contribution in [3.05, 3.63) is 26.1 Å². The Morgan fingerprint density at radius 2 is 2.00 bits per heavy atom. The van der Waals surface area contributed by atoms with Crippen molar-refractivity contribution in [1.82, 2.24) is 0 Å². The summed E-state index contributed by atoms with van der Waals surface area (Å²) in [7, 11) is 0. The summed E-state index contributed by atoms with van der Waals surface area (Å²) >= 11 is 6.48. The SMILES string of the molecule is C[C@H]1CC(=O)c2c(O)c(Br)cc(Br)c2[C@@H]1O. The van der Waals surface area contributed by atoms with E-state index in [1.54, 1.807) is 6.07 Å². The van der Waals surface area contributed by atoms with Crippen LogP contribution in [0.5, 0.6) is 5.75 Å². The molecule has 1 aromatic carbocycles. The van der Waals surface area contributed by atoms with Gasteiger partial charge in [0.25, 0.3) is 0 Å². The minimum atomic E-state index is -0.721. The minimum absolute atomic E-state index is 0.0887. The van der Waals surface area contributed by atoms with Gasteiger partial charge in [0.05, 0.1) is 16.1 Å². The highest BCUT2D eigenvalue weighted by Crippen LogP contribution is 2.45. The molecular weight excluding hydrogens is 340 g/mol. The third-order valence-corrected chi connectivity index (χ3v) is 4.12. The zero-order chi connectivity index (χ0) is 12.0. The fourth-order valence-corrected chi connectivity index (χ4v) is 3.38. The third kappa shape index (κ3) is 1.71. The van der Waals surface area contributed by atoms with Crippen molar-refractivity contribution in [2.75, 3.05) is 0 Å². The monoisotopic (exact) mass is 348 g/mol. The van der Waals surface area contributed by atoms with Crippen molar-refractivity contribution in [3.8, 4) is 5.75 Å². The van der Waals surface area contributed by atoms with Crippen LogP contribution in [0.15, 0.2) is 15.0 Å². The van der Waals surface area contributed by atoms with Gasteiger partial charge in [-0.05, 0) is 27.9 Å². The van der Waals surface area contributed by atoms with Gasteiger partial charge >= 0.3 is 0 Å². The van der Waals surface area contributed by atoms with Crippen molar-refractivity contribution >= 4 is 37.6 Å². The Bertz CT molecular complexity index is 471. The molecule has 1 aliphatic carbocycles. The Morgan fingerprint density at radius 1 is 1.38 bits per heavy atom. The van der Waals surface area contributed by atoms with Crippen molar-refractivity contribution in [2.24, 2.45) is 5.92 Å². The van der Waals surface area contributed by atoms with Crippen LogP contribution in [0.25, 0.3) is 0 Å². The summed E-state index contributed by atoms with van der Waals surface area (Å²) in [6.07, 6.45) is -0.467. The van der Waals surface area contributed by atoms with E-state index in [1.807, 2.05) is 6.92 Å². The molecule has 0 unspecified atom stereocenters. The topological polar surface area (TPSA) is 57.5 Å². The molecule has 5 heteroatoms. The Balaban J connectivity index is 2.75. The van der Waals surface area contributed by atoms with Crippen LogP contribution < -0.4 is 0 Å². The first-order valence-corrected chi connectivity index (χ1v) is 6.44. The lowest BCUT2D eigenvalue weighted by atomic mass is 9.81. The van der Waals surface area contributed by atoms with E-state index in [-0.39, 0.29) is 29.4 Å². The molecule has 0 amide bonds. The third-order valence-electron chi connectivity index (χ3n) is 2.86. The summed E-state index contributed by atoms with van der Waals surface area (Å²) in [6.45, 7) is 1.82. The Labute approximate surface area is 110 Å². The number of Topliss-reactive ketones (excluding diaryl/α,β-unsaturated/α-hetero) is 1. The van der Waals surface area contributed by atoms with E-state index in [4.69, 9.17) is 0 Å². The zero-order valence-corrected chi connectivity index (χ0v) is 11.7. The van der Waals surface area contributed by atoms with E-state index in [1.165, 1.54) is 0 Å². The highest BCUT2D eigenvalue weighted by Gasteiger charge is 2.34. The Morgan fingerprint density at radius 3 is 2.62 bits per heavy atom. The van der Waals surface area contributed by atoms with Crippen molar-refractivity contribution in [2.45, 2.75) is 19.4 Å². The maximum atomic E-state index is 11.9. The molecule has 0 fully saturated rings. The number of hydrogen-bond donors (Lipinski definition) is 2. The van der Waals surface area contributed by atoms with E-state index in [9.17, 15) is 15.0 Å². The second-order valence-electron chi connectivity index (χ2n) is 4.03. The Kier molecular flexibility index (Phi) is 3.11. The lowest BCUT2D eigenvalue weighted by molar-refractivity contribution is 0.0743. The highest BCUT2D eigenvalue weighted by molar-refractivity contribution is 9.11. The lowest BCUT2D eigenvalue weighted by Gasteiger charge is -2.28. The van der Waals surface area contributed by atoms with Gasteiger partial charge in [0, 0.05) is 16.5 Å². The molecule has 0 bridgehead atoms. The molecule has 0 aromatic heterocycles. The van der Waals surface area contributed by atoms with Gasteiger partial charge in [-0.3, -0.25) is 4.79 Å². The van der Waals surface area contributed by atoms with Gasteiger partial charge in [0.15, 0.2) is 5.78 Å². The average Bonchev–Trinajstić information content (AvgIpc) is 2.20. The highest BCUT2D eigenvalue weighted by atomic mass is 79.9. The number of benzene rings is 1. The molecule has 0 spiro atoms. The second kappa shape index (κ2) is 4.13. The predicted octanol–water partition coefficient (Wildman–Crippen LogP) is 3.17. The number of phenolic OH excluding ortho intramolecular Hbond substituents is 1. The fourth-order valence-electron chi connectivity index (χ4n) is 1.99. The predicted molar refractivity (Wildman–Crippen MR) is 66.6 cm³/mol. The first-order chi connectivity index (χ1) is 7.43. The maximum absolute atomic E-state index is 11.9. The molecule has 86 valence electrons. The van der Waals surface area contributed by atoms with Crippen LogP contribution >= 0.6 is 31.9 Å². The summed E-state index contributed by atoms with van der Waals surface area (Å²) in [4.78, 5) is 11.9. The first kappa shape index (κ1) is 12.1. The molecule has 1 aliphatic rings. The van der Waals surface area contributed by atoms with E-state index in [0.717, 1.165) is 0 Å². The standard InChI is InChI=1S/C11H10Br2O3/c1-4-2-7(14)9-8(10(4)15)5(12)3-6(13)11(9)16/h3-4,10,15-16H,2H2,1H3/t4-,10+/m0/s1. The van der Waals surface area contributed by atoms with Crippen molar-refractivity contribution < 1.29 is 15.0 Å². The largest absolute Gasteiger partial charge is 0.506 e. The van der Waals surface area contributed by atoms with E-state index in [0.29, 0.717) is 14.5 Å². The summed E-state index contributed by atoms with van der Waals surface area (Å²) < 4.78 is 1.09. The van der Waals surface area contributed by atoms with Crippen LogP contribution in [-0.2, 0) is 0 Å². The zero-order valence-electron chi connectivity index (χ0n) is 8.50. The molecule has 2 N–H and O–H groups in total. The fraction of sp³-hybridized carbons (Fsp3) is 0.364. The number of aliphatic hydroxyl groups is 1. The number of carbonyl (C=O) groups is 1. The quantitative estimate of drug-likeness (QED) is 0.756. The summed E-state index contributed by atoms with van der Waals surface area (Å²) in [5, 5.41) is 19.9. The van der Waals surface area contributed by atoms with E-state index < -0.39 is 6.10 Å². The van der Waals surface area contributed by atoms with Gasteiger partial charge in [-0.1, -0.05) is 22.9 Å². The number of aromatic hydroxyl groups is 1. The number of rotatable bonds is 0. The lowest BCUT2D eigenvalue weighted by Crippen LogP contribution is -2.23. The molecule has 0 saturated heterocycles. The molecule has 3 nitrogen and oxygen atoms in total. The minimum Gasteiger partial charge on any atom is -0.506 e. The Hall–Kier alpha value is -0.390. The van der Waals surface area contributed by atoms with Crippen LogP contribution in [-0.4, -0.2) is 16.0 Å². The smallest absolute Gasteiger partial charge is 0.167 e. The molecule has 0 radical (unpaired) electrons. The molecule has 16 heavy (non-hydrogen) atoms. The van der Waals surface area contributed by atoms with E-state index in [2.05, 4.69) is 31.9 Å². The molecular formula is C11H10Br2O3. The van der Waals surface area contributed by atoms with Crippen LogP contribution in [0, 0.1) is 5.92 Å². The molecule has 0 aliphatic heterocycles. The number of halogens is 2. The number of fused-ring (bicyclic) bond motifs is 1. The van der Waals surface area contributed by atoms with Crippen LogP contribution in [0.3, 0.4) is 0 Å². The van der Waals surface area contributed by atoms with Gasteiger partial charge in [-0.25, -0.2) is 0 Å². The van der Waals surface area contributed by atoms with Crippen LogP contribution in [0.2, 0.25) is 0 Å². The van der Waals surface area contributed by atoms with Gasteiger partial charge in [-0.15, -0.1) is 0 Å². The molecule has 2 rings (SSSR count). The number of phenols is 1. The number of aliphatic hydroxyl groups excluding tert-OH is 1. The van der Waals surface area contributed by atoms with Gasteiger partial charge in [0.1, 0.15) is 5.75 Å². The number of ketones is 1. The normalized spacial score (nSPS) is 24.4. The summed E-state index contributed by atoms with van der Waals surface area (Å²) in [5.74, 6) is -0.349. The number of hydrogen-bond acceptors (Lipinski definition) is 3. The molecule has 2 atom stereocenters. The van der Waals surface area contributed by atoms with Gasteiger partial charge in [0.2, 0.25) is 0 Å². The molecule has 1 aromatic rings. The number of carbonyl (C=O) groups excluding carboxylic acids is 1. The molecule has 0 heterocycles. The van der Waals surface area contributed by atoms with E-state index >= 15 is 0 Å². The van der Waals surface area contributed by atoms with Crippen LogP contribution in [0.1, 0.15) is 35.4 Å². The maximum Gasteiger partial charge on any atom is 0.167 e. The van der Waals surface area contributed by atoms with Crippen LogP contribution in [0.4, 0.5) is 0 Å². The second-order valence-corrected chi connectivity index (χ2v) is 5.74. The first-order valence-electron chi connectivity index (χ1n) is 4.85. The van der Waals surface area contributed by atoms with Crippen molar-refractivity contribution in [1.29, 1.82) is 0 Å². The van der Waals surface area contributed by atoms with Crippen molar-refractivity contribution in [3.63, 3.8) is 0 Å². The molecule has 0 saturated carbocycles. The summed E-state index contributed by atoms with van der Waals surface area (Å²) in [6, 6.07) is 1.64. The van der Waals surface area contributed by atoms with Gasteiger partial charge in [-0.2, -0.15) is 0 Å². The van der Waals surface area contributed by atoms with Gasteiger partial charge < -0.3 is 10.2 Å². The summed E-state index contributed by atoms with van der Waals surface area (Å²) in [5.41, 5.74) is 0.719. The average molecular weight is 350 g/mol.